The largest absolute Gasteiger partial charge is 0.492 e. The van der Waals surface area contributed by atoms with Crippen LogP contribution in [0.4, 0.5) is 0 Å². The number of ether oxygens (including phenoxy) is 2. The minimum absolute atomic E-state index is 0.0851. The first-order chi connectivity index (χ1) is 8.90. The van der Waals surface area contributed by atoms with Crippen LogP contribution in [0, 0.1) is 0 Å². The fourth-order valence-electron chi connectivity index (χ4n) is 1.44. The Morgan fingerprint density at radius 3 is 2.37 bits per heavy atom. The summed E-state index contributed by atoms with van der Waals surface area (Å²) in [5.74, 6) is 0.898. The van der Waals surface area contributed by atoms with Crippen molar-refractivity contribution >= 4 is 21.7 Å². The maximum absolute atomic E-state index is 11.5. The van der Waals surface area contributed by atoms with Gasteiger partial charge in [-0.3, -0.25) is 4.79 Å². The van der Waals surface area contributed by atoms with Crippen LogP contribution in [0.3, 0.4) is 0 Å². The van der Waals surface area contributed by atoms with Crippen molar-refractivity contribution in [2.24, 2.45) is 0 Å². The van der Waals surface area contributed by atoms with Crippen LogP contribution in [0.25, 0.3) is 0 Å². The Balaban J connectivity index is 2.57. The van der Waals surface area contributed by atoms with Crippen LogP contribution in [-0.2, 0) is 4.74 Å². The summed E-state index contributed by atoms with van der Waals surface area (Å²) < 4.78 is 11.1. The fraction of sp³-hybridized carbons (Fsp3) is 0.533. The van der Waals surface area contributed by atoms with E-state index in [0.29, 0.717) is 13.0 Å². The molecule has 0 radical (unpaired) electrons. The molecule has 0 amide bonds. The van der Waals surface area contributed by atoms with E-state index in [1.165, 1.54) is 0 Å². The van der Waals surface area contributed by atoms with Gasteiger partial charge in [0.25, 0.3) is 0 Å². The third-order valence-corrected chi connectivity index (χ3v) is 4.54. The van der Waals surface area contributed by atoms with Crippen molar-refractivity contribution in [3.05, 3.63) is 29.8 Å². The second kappa shape index (κ2) is 7.06. The van der Waals surface area contributed by atoms with Crippen LogP contribution in [0.2, 0.25) is 0 Å². The maximum Gasteiger partial charge on any atom is 0.162 e. The van der Waals surface area contributed by atoms with Crippen LogP contribution < -0.4 is 4.74 Å². The quantitative estimate of drug-likeness (QED) is 0.563. The van der Waals surface area contributed by atoms with Gasteiger partial charge < -0.3 is 9.47 Å². The minimum Gasteiger partial charge on any atom is -0.492 e. The van der Waals surface area contributed by atoms with E-state index in [4.69, 9.17) is 9.47 Å². The van der Waals surface area contributed by atoms with Gasteiger partial charge in [0.15, 0.2) is 5.78 Å². The number of rotatable bonds is 7. The Hall–Kier alpha value is -0.870. The van der Waals surface area contributed by atoms with Crippen molar-refractivity contribution < 1.29 is 14.3 Å². The van der Waals surface area contributed by atoms with E-state index >= 15 is 0 Å². The lowest BCUT2D eigenvalue weighted by molar-refractivity contribution is 0.0130. The first kappa shape index (κ1) is 16.2. The summed E-state index contributed by atoms with van der Waals surface area (Å²) >= 11 is 3.56. The number of Topliss-reactive ketones (excluding diaryl/α,β-unsaturated/α-hetero) is 1. The van der Waals surface area contributed by atoms with Gasteiger partial charge in [0.1, 0.15) is 12.4 Å². The molecular formula is C15H21BrO3. The predicted molar refractivity (Wildman–Crippen MR) is 80.4 cm³/mol. The zero-order valence-corrected chi connectivity index (χ0v) is 13.5. The molecule has 4 heteroatoms. The summed E-state index contributed by atoms with van der Waals surface area (Å²) in [5.41, 5.74) is 0.431. The van der Waals surface area contributed by atoms with Gasteiger partial charge in [-0.2, -0.15) is 0 Å². The summed E-state index contributed by atoms with van der Waals surface area (Å²) in [6, 6.07) is 7.24. The second-order valence-corrected chi connectivity index (χ2v) is 5.99. The molecule has 1 atom stereocenters. The monoisotopic (exact) mass is 328 g/mol. The van der Waals surface area contributed by atoms with E-state index in [1.54, 1.807) is 19.2 Å². The summed E-state index contributed by atoms with van der Waals surface area (Å²) in [6.07, 6.45) is 0.520. The Morgan fingerprint density at radius 1 is 1.32 bits per heavy atom. The number of methoxy groups -OCH3 is 1. The number of hydrogen-bond acceptors (Lipinski definition) is 3. The van der Waals surface area contributed by atoms with Crippen molar-refractivity contribution in [3.63, 3.8) is 0 Å². The first-order valence-electron chi connectivity index (χ1n) is 6.36. The average Bonchev–Trinajstić information content (AvgIpc) is 2.44. The van der Waals surface area contributed by atoms with Gasteiger partial charge in [0, 0.05) is 19.1 Å². The molecule has 0 saturated carbocycles. The standard InChI is InChI=1S/C15H21BrO3/c1-5-13(17)11-6-8-12(9-7-11)19-10-14(16)15(2,3)18-4/h6-9,14H,5,10H2,1-4H3. The zero-order valence-electron chi connectivity index (χ0n) is 11.9. The summed E-state index contributed by atoms with van der Waals surface area (Å²) in [7, 11) is 1.68. The predicted octanol–water partition coefficient (Wildman–Crippen LogP) is 3.85. The number of halogens is 1. The molecule has 0 aliphatic carbocycles. The zero-order chi connectivity index (χ0) is 14.5. The van der Waals surface area contributed by atoms with E-state index in [0.717, 1.165) is 11.3 Å². The average molecular weight is 329 g/mol. The third kappa shape index (κ3) is 4.62. The van der Waals surface area contributed by atoms with Crippen molar-refractivity contribution in [1.82, 2.24) is 0 Å². The molecule has 106 valence electrons. The molecule has 1 aromatic carbocycles. The SMILES string of the molecule is CCC(=O)c1ccc(OCC(Br)C(C)(C)OC)cc1. The molecule has 0 aliphatic heterocycles. The molecule has 0 fully saturated rings. The molecule has 0 spiro atoms. The summed E-state index contributed by atoms with van der Waals surface area (Å²) in [5, 5.41) is 0. The van der Waals surface area contributed by atoms with Crippen LogP contribution >= 0.6 is 15.9 Å². The second-order valence-electron chi connectivity index (χ2n) is 4.89. The summed E-state index contributed by atoms with van der Waals surface area (Å²) in [4.78, 5) is 11.6. The topological polar surface area (TPSA) is 35.5 Å². The Morgan fingerprint density at radius 2 is 1.89 bits per heavy atom. The number of hydrogen-bond donors (Lipinski definition) is 0. The van der Waals surface area contributed by atoms with Crippen molar-refractivity contribution in [2.45, 2.75) is 37.6 Å². The highest BCUT2D eigenvalue weighted by atomic mass is 79.9. The molecule has 1 aromatic rings. The van der Waals surface area contributed by atoms with Gasteiger partial charge in [-0.15, -0.1) is 0 Å². The normalized spacial score (nSPS) is 13.1. The maximum atomic E-state index is 11.5. The van der Waals surface area contributed by atoms with E-state index in [-0.39, 0.29) is 16.2 Å². The van der Waals surface area contributed by atoms with E-state index in [2.05, 4.69) is 15.9 Å². The molecule has 1 unspecified atom stereocenters. The lowest BCUT2D eigenvalue weighted by Gasteiger charge is -2.28. The Bertz CT molecular complexity index is 412. The Labute approximate surface area is 123 Å². The lowest BCUT2D eigenvalue weighted by atomic mass is 10.1. The molecular weight excluding hydrogens is 308 g/mol. The molecule has 3 nitrogen and oxygen atoms in total. The van der Waals surface area contributed by atoms with Crippen molar-refractivity contribution in [2.75, 3.05) is 13.7 Å². The molecule has 0 heterocycles. The number of carbonyl (C=O) groups is 1. The molecule has 1 rings (SSSR count). The molecule has 0 bridgehead atoms. The molecule has 0 aliphatic rings. The molecule has 0 N–H and O–H groups in total. The van der Waals surface area contributed by atoms with Gasteiger partial charge in [-0.05, 0) is 38.1 Å². The molecule has 0 saturated heterocycles. The van der Waals surface area contributed by atoms with Crippen LogP contribution in [0.5, 0.6) is 5.75 Å². The number of benzene rings is 1. The number of ketones is 1. The van der Waals surface area contributed by atoms with Crippen LogP contribution in [0.1, 0.15) is 37.6 Å². The highest BCUT2D eigenvalue weighted by Gasteiger charge is 2.27. The lowest BCUT2D eigenvalue weighted by Crippen LogP contribution is -2.37. The van der Waals surface area contributed by atoms with E-state index in [9.17, 15) is 4.79 Å². The molecule has 19 heavy (non-hydrogen) atoms. The van der Waals surface area contributed by atoms with Crippen molar-refractivity contribution in [1.29, 1.82) is 0 Å². The van der Waals surface area contributed by atoms with E-state index < -0.39 is 0 Å². The summed E-state index contributed by atoms with van der Waals surface area (Å²) in [6.45, 7) is 6.36. The highest BCUT2D eigenvalue weighted by molar-refractivity contribution is 9.09. The van der Waals surface area contributed by atoms with Gasteiger partial charge in [-0.1, -0.05) is 22.9 Å². The van der Waals surface area contributed by atoms with Gasteiger partial charge >= 0.3 is 0 Å². The number of alkyl halides is 1. The molecule has 0 aromatic heterocycles. The fourth-order valence-corrected chi connectivity index (χ4v) is 1.76. The minimum atomic E-state index is -0.294. The number of carbonyl (C=O) groups excluding carboxylic acids is 1. The van der Waals surface area contributed by atoms with Crippen LogP contribution in [0.15, 0.2) is 24.3 Å². The van der Waals surface area contributed by atoms with Crippen molar-refractivity contribution in [3.8, 4) is 5.75 Å². The Kier molecular flexibility index (Phi) is 6.01. The van der Waals surface area contributed by atoms with Crippen LogP contribution in [-0.4, -0.2) is 29.9 Å². The van der Waals surface area contributed by atoms with Gasteiger partial charge in [-0.25, -0.2) is 0 Å². The smallest absolute Gasteiger partial charge is 0.162 e. The van der Waals surface area contributed by atoms with Gasteiger partial charge in [0.05, 0.1) is 10.4 Å². The van der Waals surface area contributed by atoms with Gasteiger partial charge in [0.2, 0.25) is 0 Å². The first-order valence-corrected chi connectivity index (χ1v) is 7.27. The highest BCUT2D eigenvalue weighted by Crippen LogP contribution is 2.22. The third-order valence-electron chi connectivity index (χ3n) is 3.17. The van der Waals surface area contributed by atoms with E-state index in [1.807, 2.05) is 32.9 Å².